The van der Waals surface area contributed by atoms with Crippen LogP contribution in [0.5, 0.6) is 0 Å². The van der Waals surface area contributed by atoms with Crippen LogP contribution in [0, 0.1) is 50.6 Å². The molecule has 1 aromatic rings. The van der Waals surface area contributed by atoms with Crippen LogP contribution < -0.4 is 0 Å². The molecule has 0 saturated carbocycles. The standard InChI is InChI=1S/C20H30Si2/c1-15-16(2)19(11-13-21(5,6)7)18(4)20(17(15)3)12-14-22(8,9)10/h1-10H3. The zero-order chi connectivity index (χ0) is 17.3. The Bertz CT molecular complexity index is 644. The molecular weight excluding hydrogens is 296 g/mol. The highest BCUT2D eigenvalue weighted by Crippen LogP contribution is 2.26. The van der Waals surface area contributed by atoms with Gasteiger partial charge in [-0.25, -0.2) is 0 Å². The highest BCUT2D eigenvalue weighted by atomic mass is 28.3. The minimum absolute atomic E-state index is 1.20. The molecule has 0 unspecified atom stereocenters. The van der Waals surface area contributed by atoms with Crippen LogP contribution in [0.1, 0.15) is 33.4 Å². The maximum absolute atomic E-state index is 3.52. The average molecular weight is 327 g/mol. The number of benzene rings is 1. The molecule has 0 saturated heterocycles. The second-order valence-corrected chi connectivity index (χ2v) is 17.8. The predicted octanol–water partition coefficient (Wildman–Crippen LogP) is 5.38. The maximum atomic E-state index is 3.52. The Balaban J connectivity index is 3.63. The van der Waals surface area contributed by atoms with E-state index in [0.29, 0.717) is 0 Å². The fraction of sp³-hybridized carbons (Fsp3) is 0.500. The fourth-order valence-corrected chi connectivity index (χ4v) is 3.22. The Kier molecular flexibility index (Phi) is 5.55. The van der Waals surface area contributed by atoms with E-state index in [2.05, 4.69) is 89.9 Å². The van der Waals surface area contributed by atoms with Gasteiger partial charge >= 0.3 is 0 Å². The highest BCUT2D eigenvalue weighted by Gasteiger charge is 2.15. The smallest absolute Gasteiger partial charge is 0.127 e. The van der Waals surface area contributed by atoms with Crippen molar-refractivity contribution in [1.82, 2.24) is 0 Å². The van der Waals surface area contributed by atoms with Gasteiger partial charge in [-0.1, -0.05) is 51.1 Å². The van der Waals surface area contributed by atoms with Gasteiger partial charge in [0.1, 0.15) is 16.1 Å². The van der Waals surface area contributed by atoms with Crippen molar-refractivity contribution in [2.75, 3.05) is 0 Å². The van der Waals surface area contributed by atoms with E-state index in [0.717, 1.165) is 0 Å². The molecule has 0 atom stereocenters. The molecule has 0 spiro atoms. The van der Waals surface area contributed by atoms with E-state index in [1.54, 1.807) is 0 Å². The molecule has 118 valence electrons. The second-order valence-electron chi connectivity index (χ2n) is 8.25. The van der Waals surface area contributed by atoms with E-state index in [9.17, 15) is 0 Å². The van der Waals surface area contributed by atoms with Gasteiger partial charge < -0.3 is 0 Å². The fourth-order valence-electron chi connectivity index (χ4n) is 2.22. The van der Waals surface area contributed by atoms with Crippen molar-refractivity contribution in [3.8, 4) is 22.9 Å². The topological polar surface area (TPSA) is 0 Å². The summed E-state index contributed by atoms with van der Waals surface area (Å²) in [6.45, 7) is 22.5. The first-order valence-electron chi connectivity index (χ1n) is 8.00. The van der Waals surface area contributed by atoms with Crippen LogP contribution in [0.15, 0.2) is 0 Å². The van der Waals surface area contributed by atoms with Crippen molar-refractivity contribution >= 4 is 16.1 Å². The first kappa shape index (κ1) is 18.8. The monoisotopic (exact) mass is 326 g/mol. The van der Waals surface area contributed by atoms with E-state index >= 15 is 0 Å². The van der Waals surface area contributed by atoms with Gasteiger partial charge in [-0.3, -0.25) is 0 Å². The summed E-state index contributed by atoms with van der Waals surface area (Å²) < 4.78 is 0. The first-order valence-corrected chi connectivity index (χ1v) is 15.0. The summed E-state index contributed by atoms with van der Waals surface area (Å²) in [6, 6.07) is 0. The zero-order valence-electron chi connectivity index (χ0n) is 16.0. The molecule has 0 nitrogen and oxygen atoms in total. The third-order valence-electron chi connectivity index (χ3n) is 3.75. The molecule has 0 radical (unpaired) electrons. The molecule has 1 rings (SSSR count). The SMILES string of the molecule is Cc1c(C)c(C#C[Si](C)(C)C)c(C)c(C#C[Si](C)(C)C)c1C. The van der Waals surface area contributed by atoms with Crippen LogP contribution >= 0.6 is 0 Å². The number of hydrogen-bond donors (Lipinski definition) is 0. The molecule has 0 amide bonds. The molecule has 0 aromatic heterocycles. The lowest BCUT2D eigenvalue weighted by Gasteiger charge is -2.15. The summed E-state index contributed by atoms with van der Waals surface area (Å²) in [6.07, 6.45) is 0. The van der Waals surface area contributed by atoms with Crippen LogP contribution in [-0.4, -0.2) is 16.1 Å². The molecule has 0 aliphatic rings. The van der Waals surface area contributed by atoms with Gasteiger partial charge in [0.25, 0.3) is 0 Å². The Morgan fingerprint density at radius 2 is 0.818 bits per heavy atom. The Morgan fingerprint density at radius 1 is 0.500 bits per heavy atom. The maximum Gasteiger partial charge on any atom is 0.129 e. The van der Waals surface area contributed by atoms with Crippen molar-refractivity contribution in [2.45, 2.75) is 67.0 Å². The molecule has 0 heterocycles. The molecule has 0 bridgehead atoms. The van der Waals surface area contributed by atoms with Gasteiger partial charge in [0.05, 0.1) is 0 Å². The van der Waals surface area contributed by atoms with E-state index in [4.69, 9.17) is 0 Å². The van der Waals surface area contributed by atoms with Crippen molar-refractivity contribution in [1.29, 1.82) is 0 Å². The number of rotatable bonds is 0. The Morgan fingerprint density at radius 3 is 1.09 bits per heavy atom. The summed E-state index contributed by atoms with van der Waals surface area (Å²) >= 11 is 0. The lowest BCUT2D eigenvalue weighted by molar-refractivity contribution is 1.20. The quantitative estimate of drug-likeness (QED) is 0.443. The third kappa shape index (κ3) is 4.90. The molecule has 0 N–H and O–H groups in total. The molecular formula is C20H30Si2. The molecule has 0 aliphatic heterocycles. The molecule has 2 heteroatoms. The highest BCUT2D eigenvalue weighted by molar-refractivity contribution is 6.84. The summed E-state index contributed by atoms with van der Waals surface area (Å²) in [5, 5.41) is 0. The largest absolute Gasteiger partial charge is 0.129 e. The zero-order valence-corrected chi connectivity index (χ0v) is 18.0. The average Bonchev–Trinajstić information content (AvgIpc) is 2.33. The number of hydrogen-bond acceptors (Lipinski definition) is 0. The normalized spacial score (nSPS) is 11.4. The van der Waals surface area contributed by atoms with Gasteiger partial charge in [0, 0.05) is 11.1 Å². The second kappa shape index (κ2) is 6.49. The van der Waals surface area contributed by atoms with Crippen molar-refractivity contribution in [3.05, 3.63) is 33.4 Å². The summed E-state index contributed by atoms with van der Waals surface area (Å²) in [5.41, 5.74) is 14.7. The van der Waals surface area contributed by atoms with E-state index in [1.807, 2.05) is 0 Å². The van der Waals surface area contributed by atoms with Gasteiger partial charge in [0.2, 0.25) is 0 Å². The van der Waals surface area contributed by atoms with Gasteiger partial charge in [0.15, 0.2) is 0 Å². The Labute approximate surface area is 139 Å². The van der Waals surface area contributed by atoms with Crippen LogP contribution in [0.3, 0.4) is 0 Å². The first-order chi connectivity index (χ1) is 9.83. The summed E-state index contributed by atoms with van der Waals surface area (Å²) in [4.78, 5) is 0. The van der Waals surface area contributed by atoms with E-state index in [-0.39, 0.29) is 0 Å². The summed E-state index contributed by atoms with van der Waals surface area (Å²) in [7, 11) is -2.75. The van der Waals surface area contributed by atoms with Crippen molar-refractivity contribution < 1.29 is 0 Å². The minimum Gasteiger partial charge on any atom is -0.127 e. The van der Waals surface area contributed by atoms with Crippen LogP contribution in [-0.2, 0) is 0 Å². The third-order valence-corrected chi connectivity index (χ3v) is 5.50. The minimum atomic E-state index is -1.37. The lowest BCUT2D eigenvalue weighted by atomic mass is 9.89. The van der Waals surface area contributed by atoms with Gasteiger partial charge in [-0.15, -0.1) is 11.1 Å². The van der Waals surface area contributed by atoms with Crippen LogP contribution in [0.4, 0.5) is 0 Å². The van der Waals surface area contributed by atoms with E-state index < -0.39 is 16.1 Å². The van der Waals surface area contributed by atoms with Crippen molar-refractivity contribution in [3.63, 3.8) is 0 Å². The van der Waals surface area contributed by atoms with Crippen LogP contribution in [0.2, 0.25) is 39.3 Å². The predicted molar refractivity (Wildman–Crippen MR) is 106 cm³/mol. The van der Waals surface area contributed by atoms with E-state index in [1.165, 1.54) is 33.4 Å². The molecule has 0 aliphatic carbocycles. The Hall–Kier alpha value is -1.23. The molecule has 0 fully saturated rings. The van der Waals surface area contributed by atoms with Gasteiger partial charge in [-0.05, 0) is 49.9 Å². The lowest BCUT2D eigenvalue weighted by Crippen LogP contribution is -2.17. The van der Waals surface area contributed by atoms with Gasteiger partial charge in [-0.2, -0.15) is 0 Å². The summed E-state index contributed by atoms with van der Waals surface area (Å²) in [5.74, 6) is 6.96. The van der Waals surface area contributed by atoms with Crippen LogP contribution in [0.25, 0.3) is 0 Å². The van der Waals surface area contributed by atoms with Crippen molar-refractivity contribution in [2.24, 2.45) is 0 Å². The molecule has 1 aromatic carbocycles. The molecule has 22 heavy (non-hydrogen) atoms.